The number of H-pyrrole nitrogens is 2. The molecule has 74 valence electrons. The number of hydrogen-bond acceptors (Lipinski definition) is 6. The lowest BCUT2D eigenvalue weighted by atomic mass is 10.2. The molecule has 8 heteroatoms. The Balaban J connectivity index is 2.37. The number of aromatic nitrogens is 7. The second-order valence-electron chi connectivity index (χ2n) is 2.91. The van der Waals surface area contributed by atoms with Gasteiger partial charge in [-0.2, -0.15) is 20.5 Å². The lowest BCUT2D eigenvalue weighted by molar-refractivity contribution is 0.940. The number of aromatic amines is 2. The molecule has 0 radical (unpaired) electrons. The van der Waals surface area contributed by atoms with E-state index < -0.39 is 0 Å². The van der Waals surface area contributed by atoms with Crippen LogP contribution in [0.1, 0.15) is 0 Å². The van der Waals surface area contributed by atoms with Gasteiger partial charge in [-0.15, -0.1) is 0 Å². The van der Waals surface area contributed by atoms with Gasteiger partial charge in [0, 0.05) is 0 Å². The van der Waals surface area contributed by atoms with Crippen molar-refractivity contribution in [1.29, 1.82) is 0 Å². The molecule has 0 bridgehead atoms. The fourth-order valence-electron chi connectivity index (χ4n) is 1.39. The van der Waals surface area contributed by atoms with E-state index in [0.717, 1.165) is 0 Å². The molecule has 0 saturated carbocycles. The maximum atomic E-state index is 5.74. The molecule has 0 aromatic carbocycles. The van der Waals surface area contributed by atoms with Gasteiger partial charge in [0.2, 0.25) is 0 Å². The maximum absolute atomic E-state index is 5.74. The first kappa shape index (κ1) is 7.85. The summed E-state index contributed by atoms with van der Waals surface area (Å²) in [5, 5.41) is 17.6. The molecule has 0 unspecified atom stereocenters. The van der Waals surface area contributed by atoms with Crippen molar-refractivity contribution in [3.05, 3.63) is 12.5 Å². The first-order valence-corrected chi connectivity index (χ1v) is 4.17. The minimum absolute atomic E-state index is 0.367. The third kappa shape index (κ3) is 1.04. The van der Waals surface area contributed by atoms with Gasteiger partial charge >= 0.3 is 0 Å². The predicted octanol–water partition coefficient (Wildman–Crippen LogP) is -0.280. The molecule has 0 aliphatic rings. The van der Waals surface area contributed by atoms with Gasteiger partial charge in [0.15, 0.2) is 5.65 Å². The molecule has 0 fully saturated rings. The lowest BCUT2D eigenvalue weighted by Crippen LogP contribution is -1.92. The Hall–Kier alpha value is -2.51. The summed E-state index contributed by atoms with van der Waals surface area (Å²) in [6.07, 6.45) is 2.93. The van der Waals surface area contributed by atoms with Crippen LogP contribution in [-0.4, -0.2) is 35.6 Å². The van der Waals surface area contributed by atoms with Crippen molar-refractivity contribution in [1.82, 2.24) is 35.6 Å². The van der Waals surface area contributed by atoms with E-state index in [4.69, 9.17) is 5.73 Å². The number of fused-ring (bicyclic) bond motifs is 1. The van der Waals surface area contributed by atoms with Gasteiger partial charge in [-0.05, 0) is 0 Å². The van der Waals surface area contributed by atoms with Crippen LogP contribution in [0.15, 0.2) is 12.5 Å². The van der Waals surface area contributed by atoms with E-state index in [2.05, 4.69) is 35.6 Å². The molecule has 3 rings (SSSR count). The first-order valence-electron chi connectivity index (χ1n) is 4.17. The fraction of sp³-hybridized carbons (Fsp3) is 0. The highest BCUT2D eigenvalue weighted by Crippen LogP contribution is 2.25. The van der Waals surface area contributed by atoms with Gasteiger partial charge in [-0.25, -0.2) is 9.97 Å². The fourth-order valence-corrected chi connectivity index (χ4v) is 1.39. The van der Waals surface area contributed by atoms with Gasteiger partial charge < -0.3 is 5.73 Å². The highest BCUT2D eigenvalue weighted by Gasteiger charge is 2.13. The van der Waals surface area contributed by atoms with Crippen molar-refractivity contribution in [2.45, 2.75) is 0 Å². The molecule has 8 nitrogen and oxygen atoms in total. The molecule has 0 aliphatic heterocycles. The van der Waals surface area contributed by atoms with E-state index in [9.17, 15) is 0 Å². The second-order valence-corrected chi connectivity index (χ2v) is 2.91. The SMILES string of the molecule is Nc1ncnc2n[nH]c(-c3cn[nH]n3)c12. The third-order valence-corrected chi connectivity index (χ3v) is 2.05. The maximum Gasteiger partial charge on any atom is 0.186 e. The molecule has 15 heavy (non-hydrogen) atoms. The summed E-state index contributed by atoms with van der Waals surface area (Å²) in [5.74, 6) is 0.367. The van der Waals surface area contributed by atoms with Crippen LogP contribution in [0.2, 0.25) is 0 Å². The summed E-state index contributed by atoms with van der Waals surface area (Å²) in [6.45, 7) is 0. The number of anilines is 1. The van der Waals surface area contributed by atoms with Crippen LogP contribution < -0.4 is 5.73 Å². The highest BCUT2D eigenvalue weighted by molar-refractivity contribution is 5.96. The Labute approximate surface area is 82.9 Å². The Kier molecular flexibility index (Phi) is 1.43. The van der Waals surface area contributed by atoms with Crippen LogP contribution in [-0.2, 0) is 0 Å². The quantitative estimate of drug-likeness (QED) is 0.498. The minimum Gasteiger partial charge on any atom is -0.383 e. The van der Waals surface area contributed by atoms with Crippen molar-refractivity contribution in [2.24, 2.45) is 0 Å². The second kappa shape index (κ2) is 2.74. The van der Waals surface area contributed by atoms with Crippen LogP contribution >= 0.6 is 0 Å². The molecule has 0 amide bonds. The molecule has 0 atom stereocenters. The normalized spacial score (nSPS) is 10.9. The summed E-state index contributed by atoms with van der Waals surface area (Å²) < 4.78 is 0. The molecular formula is C7H6N8. The average Bonchev–Trinajstić information content (AvgIpc) is 2.85. The number of nitrogens with zero attached hydrogens (tertiary/aromatic N) is 5. The summed E-state index contributed by atoms with van der Waals surface area (Å²) in [6, 6.07) is 0. The van der Waals surface area contributed by atoms with Crippen LogP contribution in [0.4, 0.5) is 5.82 Å². The average molecular weight is 202 g/mol. The standard InChI is InChI=1S/C7H6N8/c8-6-4-5(3-1-11-15-12-3)13-14-7(4)10-2-9-6/h1-2H,(H,11,12,15)(H3,8,9,10,13,14). The highest BCUT2D eigenvalue weighted by atomic mass is 15.3. The van der Waals surface area contributed by atoms with Crippen molar-refractivity contribution in [2.75, 3.05) is 5.73 Å². The number of nitrogens with one attached hydrogen (secondary N) is 2. The third-order valence-electron chi connectivity index (χ3n) is 2.05. The zero-order chi connectivity index (χ0) is 10.3. The van der Waals surface area contributed by atoms with Gasteiger partial charge in [-0.1, -0.05) is 0 Å². The zero-order valence-electron chi connectivity index (χ0n) is 7.47. The number of hydrogen-bond donors (Lipinski definition) is 3. The van der Waals surface area contributed by atoms with Crippen LogP contribution in [0, 0.1) is 0 Å². The predicted molar refractivity (Wildman–Crippen MR) is 51.5 cm³/mol. The Morgan fingerprint density at radius 3 is 2.93 bits per heavy atom. The number of rotatable bonds is 1. The molecule has 0 aliphatic carbocycles. The molecule has 3 aromatic rings. The van der Waals surface area contributed by atoms with E-state index in [1.807, 2.05) is 0 Å². The minimum atomic E-state index is 0.367. The van der Waals surface area contributed by atoms with E-state index in [-0.39, 0.29) is 0 Å². The summed E-state index contributed by atoms with van der Waals surface area (Å²) in [4.78, 5) is 7.88. The largest absolute Gasteiger partial charge is 0.383 e. The Morgan fingerprint density at radius 2 is 2.13 bits per heavy atom. The topological polar surface area (TPSA) is 122 Å². The van der Waals surface area contributed by atoms with Crippen molar-refractivity contribution in [3.63, 3.8) is 0 Å². The molecule has 0 saturated heterocycles. The number of nitrogens with two attached hydrogens (primary N) is 1. The zero-order valence-corrected chi connectivity index (χ0v) is 7.47. The van der Waals surface area contributed by atoms with E-state index in [0.29, 0.717) is 28.2 Å². The van der Waals surface area contributed by atoms with Crippen molar-refractivity contribution < 1.29 is 0 Å². The van der Waals surface area contributed by atoms with E-state index >= 15 is 0 Å². The molecular weight excluding hydrogens is 196 g/mol. The summed E-state index contributed by atoms with van der Waals surface area (Å²) in [7, 11) is 0. The molecule has 4 N–H and O–H groups in total. The summed E-state index contributed by atoms with van der Waals surface area (Å²) in [5.41, 5.74) is 7.54. The van der Waals surface area contributed by atoms with E-state index in [1.54, 1.807) is 6.20 Å². The Morgan fingerprint density at radius 1 is 1.20 bits per heavy atom. The molecule has 3 aromatic heterocycles. The van der Waals surface area contributed by atoms with Crippen LogP contribution in [0.5, 0.6) is 0 Å². The van der Waals surface area contributed by atoms with Gasteiger partial charge in [-0.3, -0.25) is 5.10 Å². The van der Waals surface area contributed by atoms with Gasteiger partial charge in [0.1, 0.15) is 23.5 Å². The van der Waals surface area contributed by atoms with Crippen molar-refractivity contribution in [3.8, 4) is 11.4 Å². The van der Waals surface area contributed by atoms with E-state index in [1.165, 1.54) is 6.33 Å². The van der Waals surface area contributed by atoms with Crippen LogP contribution in [0.25, 0.3) is 22.4 Å². The van der Waals surface area contributed by atoms with Crippen molar-refractivity contribution >= 4 is 16.9 Å². The van der Waals surface area contributed by atoms with Gasteiger partial charge in [0.05, 0.1) is 11.6 Å². The monoisotopic (exact) mass is 202 g/mol. The number of nitrogen functional groups attached to an aromatic ring is 1. The van der Waals surface area contributed by atoms with Crippen LogP contribution in [0.3, 0.4) is 0 Å². The molecule has 3 heterocycles. The Bertz CT molecular complexity index is 595. The lowest BCUT2D eigenvalue weighted by Gasteiger charge is -1.94. The molecule has 0 spiro atoms. The first-order chi connectivity index (χ1) is 7.36. The smallest absolute Gasteiger partial charge is 0.186 e. The summed E-state index contributed by atoms with van der Waals surface area (Å²) >= 11 is 0. The van der Waals surface area contributed by atoms with Gasteiger partial charge in [0.25, 0.3) is 0 Å².